The molecule has 1 aromatic rings. The third-order valence-electron chi connectivity index (χ3n) is 4.69. The second kappa shape index (κ2) is 5.31. The number of aryl methyl sites for hydroxylation is 1. The predicted octanol–water partition coefficient (Wildman–Crippen LogP) is 2.83. The molecule has 2 unspecified atom stereocenters. The van der Waals surface area contributed by atoms with Gasteiger partial charge in [-0.3, -0.25) is 0 Å². The lowest BCUT2D eigenvalue weighted by Crippen LogP contribution is -2.40. The van der Waals surface area contributed by atoms with E-state index in [2.05, 4.69) is 41.5 Å². The summed E-state index contributed by atoms with van der Waals surface area (Å²) in [7, 11) is 2.12. The van der Waals surface area contributed by atoms with Gasteiger partial charge in [-0.1, -0.05) is 24.6 Å². The zero-order chi connectivity index (χ0) is 12.4. The summed E-state index contributed by atoms with van der Waals surface area (Å²) in [6, 6.07) is 9.69. The number of para-hydroxylation sites is 1. The molecule has 1 aliphatic carbocycles. The van der Waals surface area contributed by atoms with Gasteiger partial charge in [-0.15, -0.1) is 0 Å². The van der Waals surface area contributed by atoms with Crippen molar-refractivity contribution >= 4 is 5.69 Å². The van der Waals surface area contributed by atoms with Gasteiger partial charge in [-0.2, -0.15) is 0 Å². The highest BCUT2D eigenvalue weighted by Crippen LogP contribution is 2.31. The van der Waals surface area contributed by atoms with Crippen molar-refractivity contribution < 1.29 is 0 Å². The van der Waals surface area contributed by atoms with E-state index in [1.807, 2.05) is 0 Å². The topological polar surface area (TPSA) is 15.3 Å². The smallest absolute Gasteiger partial charge is 0.0398 e. The summed E-state index contributed by atoms with van der Waals surface area (Å²) in [5.41, 5.74) is 3.04. The fourth-order valence-corrected chi connectivity index (χ4v) is 3.72. The van der Waals surface area contributed by atoms with Crippen molar-refractivity contribution in [2.45, 2.75) is 38.1 Å². The van der Waals surface area contributed by atoms with E-state index in [0.717, 1.165) is 12.0 Å². The van der Waals surface area contributed by atoms with Gasteiger partial charge < -0.3 is 10.2 Å². The third-order valence-corrected chi connectivity index (χ3v) is 4.69. The normalized spacial score (nSPS) is 27.3. The van der Waals surface area contributed by atoms with Crippen LogP contribution in [-0.2, 0) is 6.42 Å². The molecule has 0 radical (unpaired) electrons. The van der Waals surface area contributed by atoms with Gasteiger partial charge in [0.1, 0.15) is 0 Å². The fourth-order valence-electron chi connectivity index (χ4n) is 3.72. The first-order chi connectivity index (χ1) is 8.88. The van der Waals surface area contributed by atoms with Crippen molar-refractivity contribution in [3.05, 3.63) is 29.8 Å². The zero-order valence-corrected chi connectivity index (χ0v) is 11.4. The monoisotopic (exact) mass is 244 g/mol. The molecule has 1 aromatic carbocycles. The molecule has 1 aliphatic heterocycles. The Balaban J connectivity index is 1.74. The predicted molar refractivity (Wildman–Crippen MR) is 77.2 cm³/mol. The number of fused-ring (bicyclic) bond motifs is 1. The van der Waals surface area contributed by atoms with E-state index in [-0.39, 0.29) is 0 Å². The van der Waals surface area contributed by atoms with Crippen molar-refractivity contribution in [2.75, 3.05) is 25.0 Å². The van der Waals surface area contributed by atoms with Gasteiger partial charge in [0.05, 0.1) is 0 Å². The molecule has 0 spiro atoms. The molecule has 0 bridgehead atoms. The van der Waals surface area contributed by atoms with Gasteiger partial charge in [0.2, 0.25) is 0 Å². The van der Waals surface area contributed by atoms with Gasteiger partial charge in [0, 0.05) is 24.8 Å². The molecule has 3 rings (SSSR count). The minimum absolute atomic E-state index is 0.735. The van der Waals surface area contributed by atoms with Gasteiger partial charge in [-0.25, -0.2) is 0 Å². The van der Waals surface area contributed by atoms with Gasteiger partial charge in [0.25, 0.3) is 0 Å². The minimum atomic E-state index is 0.735. The van der Waals surface area contributed by atoms with E-state index in [1.54, 1.807) is 5.56 Å². The first-order valence-corrected chi connectivity index (χ1v) is 7.38. The number of hydrogen-bond donors (Lipinski definition) is 1. The molecular formula is C16H24N2. The number of hydrogen-bond acceptors (Lipinski definition) is 2. The minimum Gasteiger partial charge on any atom is -0.371 e. The molecule has 98 valence electrons. The van der Waals surface area contributed by atoms with Crippen LogP contribution in [0.4, 0.5) is 5.69 Å². The van der Waals surface area contributed by atoms with E-state index in [4.69, 9.17) is 0 Å². The Morgan fingerprint density at radius 1 is 1.22 bits per heavy atom. The van der Waals surface area contributed by atoms with Crippen molar-refractivity contribution in [3.8, 4) is 0 Å². The number of anilines is 1. The number of benzene rings is 1. The standard InChI is InChI=1S/C16H24N2/c1-17-15-9-4-7-14(15)12-18-11-5-8-13-6-2-3-10-16(13)18/h2-3,6,10,14-15,17H,4-5,7-9,11-12H2,1H3. The average Bonchev–Trinajstić information content (AvgIpc) is 2.86. The number of rotatable bonds is 3. The van der Waals surface area contributed by atoms with Crippen molar-refractivity contribution in [1.29, 1.82) is 0 Å². The molecule has 18 heavy (non-hydrogen) atoms. The lowest BCUT2D eigenvalue weighted by molar-refractivity contribution is 0.418. The highest BCUT2D eigenvalue weighted by molar-refractivity contribution is 5.55. The average molecular weight is 244 g/mol. The Morgan fingerprint density at radius 2 is 2.11 bits per heavy atom. The van der Waals surface area contributed by atoms with E-state index in [9.17, 15) is 0 Å². The molecule has 1 N–H and O–H groups in total. The summed E-state index contributed by atoms with van der Waals surface area (Å²) in [5.74, 6) is 0.834. The maximum atomic E-state index is 3.50. The molecule has 1 fully saturated rings. The highest BCUT2D eigenvalue weighted by Gasteiger charge is 2.28. The first-order valence-electron chi connectivity index (χ1n) is 7.38. The summed E-state index contributed by atoms with van der Waals surface area (Å²) >= 11 is 0. The zero-order valence-electron chi connectivity index (χ0n) is 11.4. The lowest BCUT2D eigenvalue weighted by atomic mass is 9.98. The highest BCUT2D eigenvalue weighted by atomic mass is 15.1. The molecule has 2 atom stereocenters. The molecule has 2 aliphatic rings. The second-order valence-corrected chi connectivity index (χ2v) is 5.76. The molecule has 1 saturated carbocycles. The van der Waals surface area contributed by atoms with Gasteiger partial charge in [0.15, 0.2) is 0 Å². The molecule has 0 amide bonds. The van der Waals surface area contributed by atoms with Crippen LogP contribution in [-0.4, -0.2) is 26.2 Å². The third kappa shape index (κ3) is 2.26. The van der Waals surface area contributed by atoms with Crippen LogP contribution in [0.5, 0.6) is 0 Å². The van der Waals surface area contributed by atoms with Crippen LogP contribution in [0.25, 0.3) is 0 Å². The Hall–Kier alpha value is -1.02. The summed E-state index contributed by atoms with van der Waals surface area (Å²) in [4.78, 5) is 2.62. The van der Waals surface area contributed by atoms with Crippen molar-refractivity contribution in [3.63, 3.8) is 0 Å². The van der Waals surface area contributed by atoms with Crippen LogP contribution in [0.1, 0.15) is 31.2 Å². The Kier molecular flexibility index (Phi) is 3.55. The summed E-state index contributed by atoms with van der Waals surface area (Å²) in [5, 5.41) is 3.50. The molecule has 2 nitrogen and oxygen atoms in total. The van der Waals surface area contributed by atoms with Crippen LogP contribution < -0.4 is 10.2 Å². The molecular weight excluding hydrogens is 220 g/mol. The van der Waals surface area contributed by atoms with Crippen molar-refractivity contribution in [2.24, 2.45) is 5.92 Å². The Morgan fingerprint density at radius 3 is 3.00 bits per heavy atom. The largest absolute Gasteiger partial charge is 0.371 e. The second-order valence-electron chi connectivity index (χ2n) is 5.76. The van der Waals surface area contributed by atoms with E-state index in [1.165, 1.54) is 50.9 Å². The lowest BCUT2D eigenvalue weighted by Gasteiger charge is -2.34. The molecule has 0 saturated heterocycles. The summed E-state index contributed by atoms with van der Waals surface area (Å²) in [6.07, 6.45) is 6.72. The summed E-state index contributed by atoms with van der Waals surface area (Å²) in [6.45, 7) is 2.48. The SMILES string of the molecule is CNC1CCCC1CN1CCCc2ccccc21. The van der Waals surface area contributed by atoms with Gasteiger partial charge in [-0.05, 0) is 50.3 Å². The Labute approximate surface area is 110 Å². The summed E-state index contributed by atoms with van der Waals surface area (Å²) < 4.78 is 0. The number of nitrogens with zero attached hydrogens (tertiary/aromatic N) is 1. The van der Waals surface area contributed by atoms with E-state index >= 15 is 0 Å². The fraction of sp³-hybridized carbons (Fsp3) is 0.625. The van der Waals surface area contributed by atoms with E-state index in [0.29, 0.717) is 0 Å². The van der Waals surface area contributed by atoms with Crippen LogP contribution in [0, 0.1) is 5.92 Å². The van der Waals surface area contributed by atoms with E-state index < -0.39 is 0 Å². The molecule has 2 heteroatoms. The molecule has 0 aromatic heterocycles. The maximum Gasteiger partial charge on any atom is 0.0398 e. The van der Waals surface area contributed by atoms with Crippen molar-refractivity contribution in [1.82, 2.24) is 5.32 Å². The van der Waals surface area contributed by atoms with Crippen LogP contribution in [0.2, 0.25) is 0 Å². The quantitative estimate of drug-likeness (QED) is 0.879. The molecule has 1 heterocycles. The Bertz CT molecular complexity index is 402. The van der Waals surface area contributed by atoms with Crippen LogP contribution in [0.3, 0.4) is 0 Å². The van der Waals surface area contributed by atoms with Crippen LogP contribution >= 0.6 is 0 Å². The number of nitrogens with one attached hydrogen (secondary N) is 1. The van der Waals surface area contributed by atoms with Crippen LogP contribution in [0.15, 0.2) is 24.3 Å². The van der Waals surface area contributed by atoms with Gasteiger partial charge >= 0.3 is 0 Å². The first kappa shape index (κ1) is 12.0. The maximum absolute atomic E-state index is 3.50.